The minimum atomic E-state index is -4.61. The summed E-state index contributed by atoms with van der Waals surface area (Å²) in [6.45, 7) is 0.694. The fourth-order valence-electron chi connectivity index (χ4n) is 1.18. The van der Waals surface area contributed by atoms with Gasteiger partial charge in [0.25, 0.3) is 0 Å². The Morgan fingerprint density at radius 3 is 2.00 bits per heavy atom. The van der Waals surface area contributed by atoms with Crippen LogP contribution in [-0.2, 0) is 4.74 Å². The van der Waals surface area contributed by atoms with E-state index in [0.717, 1.165) is 0 Å². The summed E-state index contributed by atoms with van der Waals surface area (Å²) in [5, 5.41) is 0.0387. The maximum Gasteiger partial charge on any atom is 0.447 e. The van der Waals surface area contributed by atoms with Gasteiger partial charge in [0.05, 0.1) is 18.2 Å². The van der Waals surface area contributed by atoms with Gasteiger partial charge in [-0.3, -0.25) is 0 Å². The van der Waals surface area contributed by atoms with Crippen molar-refractivity contribution in [3.05, 3.63) is 10.4 Å². The van der Waals surface area contributed by atoms with E-state index in [0.29, 0.717) is 5.41 Å². The van der Waals surface area contributed by atoms with Crippen molar-refractivity contribution in [1.29, 1.82) is 0 Å². The lowest BCUT2D eigenvalue weighted by molar-refractivity contribution is -0.0340. The first kappa shape index (κ1) is 15.8. The molecule has 18 heavy (non-hydrogen) atoms. The zero-order valence-corrected chi connectivity index (χ0v) is 10.5. The highest BCUT2D eigenvalue weighted by atomic mass is 32.2. The van der Waals surface area contributed by atoms with E-state index in [1.165, 1.54) is 4.90 Å². The summed E-state index contributed by atoms with van der Waals surface area (Å²) in [6, 6.07) is 0. The molecule has 1 aliphatic rings. The van der Waals surface area contributed by atoms with Crippen molar-refractivity contribution in [2.45, 2.75) is 11.0 Å². The molecule has 1 heterocycles. The van der Waals surface area contributed by atoms with Crippen LogP contribution < -0.4 is 0 Å². The molecule has 0 spiro atoms. The third kappa shape index (κ3) is 6.64. The summed E-state index contributed by atoms with van der Waals surface area (Å²) in [5.74, 6) is 0. The number of halogens is 6. The molecule has 0 amide bonds. The third-order valence-electron chi connectivity index (χ3n) is 1.84. The van der Waals surface area contributed by atoms with E-state index in [1.54, 1.807) is 0 Å². The lowest BCUT2D eigenvalue weighted by atomic mass is 10.4. The molecule has 1 aliphatic heterocycles. The second-order valence-corrected chi connectivity index (χ2v) is 5.19. The molecule has 1 saturated heterocycles. The van der Waals surface area contributed by atoms with Crippen LogP contribution in [0.3, 0.4) is 0 Å². The molecule has 1 rings (SSSR count). The van der Waals surface area contributed by atoms with Gasteiger partial charge in [-0.2, -0.15) is 26.3 Å². The zero-order chi connectivity index (χ0) is 13.8. The lowest BCUT2D eigenvalue weighted by Crippen LogP contribution is -2.35. The van der Waals surface area contributed by atoms with Crippen LogP contribution in [0.2, 0.25) is 0 Å². The Balaban J connectivity index is 2.73. The van der Waals surface area contributed by atoms with Crippen LogP contribution in [0.25, 0.3) is 0 Å². The normalized spacial score (nSPS) is 19.2. The van der Waals surface area contributed by atoms with E-state index in [2.05, 4.69) is 0 Å². The Morgan fingerprint density at radius 1 is 1.00 bits per heavy atom. The summed E-state index contributed by atoms with van der Waals surface area (Å²) < 4.78 is 77.7. The molecule has 10 heteroatoms. The van der Waals surface area contributed by atoms with E-state index in [1.807, 2.05) is 0 Å². The molecule has 0 aromatic heterocycles. The summed E-state index contributed by atoms with van der Waals surface area (Å²) in [6.07, 6.45) is 0. The average molecular weight is 313 g/mol. The van der Waals surface area contributed by atoms with Gasteiger partial charge in [-0.15, -0.1) is 0 Å². The van der Waals surface area contributed by atoms with Crippen LogP contribution >= 0.6 is 23.5 Å². The highest BCUT2D eigenvalue weighted by Crippen LogP contribution is 2.41. The first-order chi connectivity index (χ1) is 8.17. The molecule has 0 unspecified atom stereocenters. The molecule has 0 aromatic carbocycles. The Bertz CT molecular complexity index is 297. The minimum absolute atomic E-state index is 0.146. The fraction of sp³-hybridized carbons (Fsp3) is 0.750. The van der Waals surface area contributed by atoms with Crippen molar-refractivity contribution >= 4 is 23.5 Å². The second kappa shape index (κ2) is 6.29. The number of hydrogen-bond donors (Lipinski definition) is 0. The summed E-state index contributed by atoms with van der Waals surface area (Å²) >= 11 is -1.13. The van der Waals surface area contributed by atoms with Crippen molar-refractivity contribution < 1.29 is 31.1 Å². The first-order valence-corrected chi connectivity index (χ1v) is 6.40. The molecule has 0 saturated carbocycles. The van der Waals surface area contributed by atoms with Gasteiger partial charge in [0.15, 0.2) is 0 Å². The molecule has 106 valence electrons. The first-order valence-electron chi connectivity index (χ1n) is 4.70. The van der Waals surface area contributed by atoms with Gasteiger partial charge in [0, 0.05) is 30.3 Å². The quantitative estimate of drug-likeness (QED) is 0.737. The van der Waals surface area contributed by atoms with Gasteiger partial charge < -0.3 is 9.64 Å². The predicted octanol–water partition coefficient (Wildman–Crippen LogP) is 3.62. The molecular weight excluding hydrogens is 304 g/mol. The van der Waals surface area contributed by atoms with Crippen molar-refractivity contribution in [2.75, 3.05) is 26.3 Å². The molecule has 0 atom stereocenters. The molecular formula is C8H9F6NOS2. The molecule has 0 N–H and O–H groups in total. The topological polar surface area (TPSA) is 12.5 Å². The van der Waals surface area contributed by atoms with Crippen LogP contribution in [-0.4, -0.2) is 42.2 Å². The summed E-state index contributed by atoms with van der Waals surface area (Å²) in [7, 11) is 0. The van der Waals surface area contributed by atoms with Gasteiger partial charge >= 0.3 is 11.0 Å². The van der Waals surface area contributed by atoms with Gasteiger partial charge in [0.1, 0.15) is 0 Å². The van der Waals surface area contributed by atoms with E-state index >= 15 is 0 Å². The number of thioether (sulfide) groups is 2. The van der Waals surface area contributed by atoms with Crippen molar-refractivity contribution in [3.63, 3.8) is 0 Å². The number of hydrogen-bond acceptors (Lipinski definition) is 4. The largest absolute Gasteiger partial charge is 0.447 e. The predicted molar refractivity (Wildman–Crippen MR) is 57.8 cm³/mol. The second-order valence-electron chi connectivity index (χ2n) is 3.17. The number of nitrogens with zero attached hydrogens (tertiary/aromatic N) is 1. The standard InChI is InChI=1S/C8H9F6NOS2/c9-7(10,11)17-5-6(18-8(12,13)14)15-1-3-16-4-2-15/h5H,1-4H2. The van der Waals surface area contributed by atoms with Gasteiger partial charge in [-0.1, -0.05) is 0 Å². The molecule has 0 aliphatic carbocycles. The Morgan fingerprint density at radius 2 is 1.56 bits per heavy atom. The highest BCUT2D eigenvalue weighted by molar-refractivity contribution is 8.06. The van der Waals surface area contributed by atoms with Crippen LogP contribution in [0.1, 0.15) is 0 Å². The Labute approximate surface area is 108 Å². The minimum Gasteiger partial charge on any atom is -0.378 e. The SMILES string of the molecule is FC(F)(F)SC=C(SC(F)(F)F)N1CCOCC1. The zero-order valence-electron chi connectivity index (χ0n) is 8.85. The van der Waals surface area contributed by atoms with Gasteiger partial charge in [-0.25, -0.2) is 0 Å². The van der Waals surface area contributed by atoms with E-state index in [9.17, 15) is 26.3 Å². The van der Waals surface area contributed by atoms with Crippen LogP contribution in [0.15, 0.2) is 10.4 Å². The van der Waals surface area contributed by atoms with Gasteiger partial charge in [-0.05, 0) is 11.8 Å². The lowest BCUT2D eigenvalue weighted by Gasteiger charge is -2.30. The maximum absolute atomic E-state index is 12.3. The number of alkyl halides is 6. The summed E-state index contributed by atoms with van der Waals surface area (Å²) in [5.41, 5.74) is -9.21. The van der Waals surface area contributed by atoms with Crippen molar-refractivity contribution in [2.24, 2.45) is 0 Å². The monoisotopic (exact) mass is 313 g/mol. The summed E-state index contributed by atoms with van der Waals surface area (Å²) in [4.78, 5) is 1.24. The fourth-order valence-corrected chi connectivity index (χ4v) is 2.45. The molecule has 0 aromatic rings. The maximum atomic E-state index is 12.3. The molecule has 0 radical (unpaired) electrons. The van der Waals surface area contributed by atoms with E-state index in [-0.39, 0.29) is 26.3 Å². The Kier molecular flexibility index (Phi) is 5.53. The van der Waals surface area contributed by atoms with Crippen molar-refractivity contribution in [3.8, 4) is 0 Å². The van der Waals surface area contributed by atoms with Crippen LogP contribution in [0, 0.1) is 0 Å². The third-order valence-corrected chi connectivity index (χ3v) is 3.41. The molecule has 0 bridgehead atoms. The molecule has 1 fully saturated rings. The van der Waals surface area contributed by atoms with Gasteiger partial charge in [0.2, 0.25) is 0 Å². The van der Waals surface area contributed by atoms with Crippen molar-refractivity contribution in [1.82, 2.24) is 4.90 Å². The smallest absolute Gasteiger partial charge is 0.378 e. The molecule has 2 nitrogen and oxygen atoms in total. The number of ether oxygens (including phenoxy) is 1. The van der Waals surface area contributed by atoms with Crippen LogP contribution in [0.5, 0.6) is 0 Å². The number of rotatable bonds is 3. The highest BCUT2D eigenvalue weighted by Gasteiger charge is 2.34. The Hall–Kier alpha value is -0.220. The van der Waals surface area contributed by atoms with E-state index < -0.39 is 39.6 Å². The van der Waals surface area contributed by atoms with E-state index in [4.69, 9.17) is 4.74 Å². The number of morpholine rings is 1. The van der Waals surface area contributed by atoms with Crippen LogP contribution in [0.4, 0.5) is 26.3 Å². The average Bonchev–Trinajstić information content (AvgIpc) is 2.23.